The van der Waals surface area contributed by atoms with E-state index in [-0.39, 0.29) is 12.5 Å². The van der Waals surface area contributed by atoms with Crippen LogP contribution in [0.2, 0.25) is 0 Å². The third-order valence-electron chi connectivity index (χ3n) is 5.06. The summed E-state index contributed by atoms with van der Waals surface area (Å²) in [6.07, 6.45) is 8.24. The van der Waals surface area contributed by atoms with Crippen molar-refractivity contribution in [1.29, 1.82) is 0 Å². The summed E-state index contributed by atoms with van der Waals surface area (Å²) in [6.45, 7) is 4.34. The first-order chi connectivity index (χ1) is 15.2. The fourth-order valence-corrected chi connectivity index (χ4v) is 4.30. The van der Waals surface area contributed by atoms with Crippen LogP contribution in [-0.4, -0.2) is 44.2 Å². The van der Waals surface area contributed by atoms with E-state index in [9.17, 15) is 4.79 Å². The second kappa shape index (κ2) is 13.1. The lowest BCUT2D eigenvalue weighted by molar-refractivity contribution is -0.125. The third-order valence-corrected chi connectivity index (χ3v) is 5.96. The molecule has 1 fully saturated rings. The third kappa shape index (κ3) is 8.36. The number of hydrogen-bond acceptors (Lipinski definition) is 6. The SMILES string of the molecule is COc1ccccc1COCC(=O)N/C=C\CCOc1csc(CN2CCCCC2)c1. The molecule has 1 aliphatic rings. The summed E-state index contributed by atoms with van der Waals surface area (Å²) < 4.78 is 16.5. The molecule has 7 heteroatoms. The highest BCUT2D eigenvalue weighted by Gasteiger charge is 2.11. The lowest BCUT2D eigenvalue weighted by Crippen LogP contribution is -2.28. The van der Waals surface area contributed by atoms with Gasteiger partial charge in [0.2, 0.25) is 5.91 Å². The Morgan fingerprint density at radius 1 is 1.23 bits per heavy atom. The smallest absolute Gasteiger partial charge is 0.249 e. The Kier molecular flexibility index (Phi) is 9.89. The first-order valence-electron chi connectivity index (χ1n) is 10.8. The Hall–Kier alpha value is -2.35. The molecule has 6 nitrogen and oxygen atoms in total. The van der Waals surface area contributed by atoms with Crippen molar-refractivity contribution in [1.82, 2.24) is 10.2 Å². The molecule has 0 spiro atoms. The molecule has 2 heterocycles. The second-order valence-electron chi connectivity index (χ2n) is 7.50. The molecule has 1 saturated heterocycles. The van der Waals surface area contributed by atoms with Gasteiger partial charge in [0, 0.05) is 28.8 Å². The Bertz CT molecular complexity index is 830. The van der Waals surface area contributed by atoms with E-state index < -0.39 is 0 Å². The van der Waals surface area contributed by atoms with Gasteiger partial charge in [-0.05, 0) is 44.3 Å². The highest BCUT2D eigenvalue weighted by molar-refractivity contribution is 7.10. The van der Waals surface area contributed by atoms with Crippen molar-refractivity contribution < 1.29 is 19.0 Å². The zero-order chi connectivity index (χ0) is 21.7. The summed E-state index contributed by atoms with van der Waals surface area (Å²) in [5.74, 6) is 1.50. The maximum atomic E-state index is 11.9. The molecule has 1 aliphatic heterocycles. The first kappa shape index (κ1) is 23.3. The summed E-state index contributed by atoms with van der Waals surface area (Å²) in [6, 6.07) is 9.74. The Balaban J connectivity index is 1.25. The largest absolute Gasteiger partial charge is 0.496 e. The van der Waals surface area contributed by atoms with Gasteiger partial charge in [-0.25, -0.2) is 0 Å². The number of para-hydroxylation sites is 1. The molecule has 1 aromatic carbocycles. The average Bonchev–Trinajstić information content (AvgIpc) is 3.24. The molecule has 31 heavy (non-hydrogen) atoms. The van der Waals surface area contributed by atoms with E-state index >= 15 is 0 Å². The maximum Gasteiger partial charge on any atom is 0.249 e. The number of ether oxygens (including phenoxy) is 3. The van der Waals surface area contributed by atoms with Crippen molar-refractivity contribution in [3.05, 3.63) is 58.4 Å². The average molecular weight is 445 g/mol. The van der Waals surface area contributed by atoms with Crippen LogP contribution in [0.4, 0.5) is 0 Å². The number of carbonyl (C=O) groups excluding carboxylic acids is 1. The molecule has 0 atom stereocenters. The van der Waals surface area contributed by atoms with Gasteiger partial charge in [0.15, 0.2) is 0 Å². The molecule has 3 rings (SSSR count). The van der Waals surface area contributed by atoms with E-state index in [4.69, 9.17) is 14.2 Å². The number of thiophene rings is 1. The van der Waals surface area contributed by atoms with Crippen molar-refractivity contribution in [2.45, 2.75) is 38.8 Å². The number of nitrogens with one attached hydrogen (secondary N) is 1. The van der Waals surface area contributed by atoms with Crippen LogP contribution >= 0.6 is 11.3 Å². The Labute approximate surface area is 188 Å². The van der Waals surface area contributed by atoms with Crippen molar-refractivity contribution >= 4 is 17.2 Å². The van der Waals surface area contributed by atoms with E-state index in [1.807, 2.05) is 30.3 Å². The minimum atomic E-state index is -0.188. The molecule has 1 N–H and O–H groups in total. The van der Waals surface area contributed by atoms with Crippen LogP contribution < -0.4 is 14.8 Å². The molecule has 1 amide bonds. The molecule has 0 unspecified atom stereocenters. The number of carbonyl (C=O) groups is 1. The minimum Gasteiger partial charge on any atom is -0.496 e. The number of amides is 1. The van der Waals surface area contributed by atoms with Crippen LogP contribution in [0, 0.1) is 0 Å². The molecule has 2 aromatic rings. The summed E-state index contributed by atoms with van der Waals surface area (Å²) >= 11 is 1.76. The van der Waals surface area contributed by atoms with Gasteiger partial charge < -0.3 is 19.5 Å². The molecule has 0 saturated carbocycles. The molecular weight excluding hydrogens is 412 g/mol. The highest BCUT2D eigenvalue weighted by atomic mass is 32.1. The fourth-order valence-electron chi connectivity index (χ4n) is 3.45. The zero-order valence-corrected chi connectivity index (χ0v) is 19.0. The van der Waals surface area contributed by atoms with Crippen LogP contribution in [0.5, 0.6) is 11.5 Å². The number of rotatable bonds is 12. The maximum absolute atomic E-state index is 11.9. The summed E-state index contributed by atoms with van der Waals surface area (Å²) in [5.41, 5.74) is 0.915. The molecule has 168 valence electrons. The second-order valence-corrected chi connectivity index (χ2v) is 8.49. The number of hydrogen-bond donors (Lipinski definition) is 1. The lowest BCUT2D eigenvalue weighted by Gasteiger charge is -2.25. The number of piperidine rings is 1. The number of benzene rings is 1. The summed E-state index contributed by atoms with van der Waals surface area (Å²) in [5, 5.41) is 4.78. The van der Waals surface area contributed by atoms with Crippen LogP contribution in [0.1, 0.15) is 36.1 Å². The topological polar surface area (TPSA) is 60.0 Å². The molecule has 0 bridgehead atoms. The lowest BCUT2D eigenvalue weighted by atomic mass is 10.1. The summed E-state index contributed by atoms with van der Waals surface area (Å²) in [4.78, 5) is 15.7. The van der Waals surface area contributed by atoms with E-state index in [1.165, 1.54) is 37.2 Å². The Morgan fingerprint density at radius 2 is 2.06 bits per heavy atom. The van der Waals surface area contributed by atoms with Crippen LogP contribution in [0.25, 0.3) is 0 Å². The standard InChI is InChI=1S/C24H32N2O4S/c1-28-23-10-4-3-9-20(23)17-29-18-24(27)25-11-5-8-14-30-21-15-22(31-19-21)16-26-12-6-2-7-13-26/h3-5,9-11,15,19H,2,6-8,12-14,16-18H2,1H3,(H,25,27)/b11-5-. The van der Waals surface area contributed by atoms with Crippen LogP contribution in [-0.2, 0) is 22.7 Å². The van der Waals surface area contributed by atoms with Gasteiger partial charge in [-0.1, -0.05) is 30.7 Å². The van der Waals surface area contributed by atoms with Crippen molar-refractivity contribution in [3.8, 4) is 11.5 Å². The van der Waals surface area contributed by atoms with Gasteiger partial charge in [0.25, 0.3) is 0 Å². The minimum absolute atomic E-state index is 0.00636. The molecule has 1 aromatic heterocycles. The normalized spacial score (nSPS) is 14.6. The van der Waals surface area contributed by atoms with Crippen LogP contribution in [0.15, 0.2) is 48.0 Å². The van der Waals surface area contributed by atoms with Crippen LogP contribution in [0.3, 0.4) is 0 Å². The predicted molar refractivity (Wildman–Crippen MR) is 123 cm³/mol. The number of nitrogens with zero attached hydrogens (tertiary/aromatic N) is 1. The van der Waals surface area contributed by atoms with E-state index in [0.29, 0.717) is 13.2 Å². The van der Waals surface area contributed by atoms with Gasteiger partial charge in [0.1, 0.15) is 18.1 Å². The van der Waals surface area contributed by atoms with Gasteiger partial charge in [-0.15, -0.1) is 11.3 Å². The van der Waals surface area contributed by atoms with Gasteiger partial charge in [-0.3, -0.25) is 9.69 Å². The van der Waals surface area contributed by atoms with E-state index in [2.05, 4.69) is 21.7 Å². The first-order valence-corrected chi connectivity index (χ1v) is 11.7. The van der Waals surface area contributed by atoms with Gasteiger partial charge in [0.05, 0.1) is 20.3 Å². The summed E-state index contributed by atoms with van der Waals surface area (Å²) in [7, 11) is 1.62. The quantitative estimate of drug-likeness (QED) is 0.493. The molecular formula is C24H32N2O4S. The number of likely N-dealkylation sites (tertiary alicyclic amines) is 1. The van der Waals surface area contributed by atoms with Crippen molar-refractivity contribution in [2.24, 2.45) is 0 Å². The fraction of sp³-hybridized carbons (Fsp3) is 0.458. The van der Waals surface area contributed by atoms with Crippen molar-refractivity contribution in [2.75, 3.05) is 33.4 Å². The molecule has 0 radical (unpaired) electrons. The van der Waals surface area contributed by atoms with E-state index in [0.717, 1.165) is 30.0 Å². The predicted octanol–water partition coefficient (Wildman–Crippen LogP) is 4.36. The van der Waals surface area contributed by atoms with Gasteiger partial charge >= 0.3 is 0 Å². The highest BCUT2D eigenvalue weighted by Crippen LogP contribution is 2.24. The van der Waals surface area contributed by atoms with E-state index in [1.54, 1.807) is 24.6 Å². The Morgan fingerprint density at radius 3 is 2.90 bits per heavy atom. The van der Waals surface area contributed by atoms with Crippen molar-refractivity contribution in [3.63, 3.8) is 0 Å². The molecule has 0 aliphatic carbocycles. The zero-order valence-electron chi connectivity index (χ0n) is 18.2. The monoisotopic (exact) mass is 444 g/mol. The van der Waals surface area contributed by atoms with Gasteiger partial charge in [-0.2, -0.15) is 0 Å². The number of methoxy groups -OCH3 is 1.